The molecule has 0 spiro atoms. The average molecular weight is 219 g/mol. The Bertz CT molecular complexity index is 230. The number of carbonyl (C=O) groups is 2. The van der Waals surface area contributed by atoms with Gasteiger partial charge < -0.3 is 26.6 Å². The summed E-state index contributed by atoms with van der Waals surface area (Å²) in [5, 5.41) is 22.5. The zero-order valence-electron chi connectivity index (χ0n) is 8.62. The van der Waals surface area contributed by atoms with Gasteiger partial charge in [0.1, 0.15) is 0 Å². The topological polar surface area (TPSA) is 125 Å². The van der Waals surface area contributed by atoms with E-state index in [1.807, 2.05) is 0 Å². The van der Waals surface area contributed by atoms with Crippen molar-refractivity contribution in [3.05, 3.63) is 0 Å². The minimum Gasteiger partial charge on any atom is -0.479 e. The first-order valence-corrected chi connectivity index (χ1v) is 4.57. The fraction of sp³-hybridized carbons (Fsp3) is 0.750. The SMILES string of the molecule is CC(O)(CNC(=O)NCCCN)C(=O)O. The van der Waals surface area contributed by atoms with Gasteiger partial charge >= 0.3 is 12.0 Å². The normalized spacial score (nSPS) is 14.1. The van der Waals surface area contributed by atoms with E-state index in [0.29, 0.717) is 19.5 Å². The van der Waals surface area contributed by atoms with Crippen LogP contribution in [0, 0.1) is 0 Å². The van der Waals surface area contributed by atoms with Gasteiger partial charge in [0.15, 0.2) is 5.60 Å². The Morgan fingerprint density at radius 3 is 2.47 bits per heavy atom. The molecule has 0 saturated heterocycles. The Morgan fingerprint density at radius 2 is 2.00 bits per heavy atom. The van der Waals surface area contributed by atoms with Crippen LogP contribution in [0.15, 0.2) is 0 Å². The number of carboxylic acid groups (broad SMARTS) is 1. The molecule has 0 aromatic rings. The standard InChI is InChI=1S/C8H17N3O4/c1-8(15,6(12)13)5-11-7(14)10-4-2-3-9/h15H,2-5,9H2,1H3,(H,12,13)(H2,10,11,14). The summed E-state index contributed by atoms with van der Waals surface area (Å²) >= 11 is 0. The second kappa shape index (κ2) is 6.20. The van der Waals surface area contributed by atoms with Crippen molar-refractivity contribution in [3.63, 3.8) is 0 Å². The Morgan fingerprint density at radius 1 is 1.40 bits per heavy atom. The van der Waals surface area contributed by atoms with Crippen LogP contribution in [-0.4, -0.2) is 47.4 Å². The summed E-state index contributed by atoms with van der Waals surface area (Å²) in [5.74, 6) is -1.38. The second-order valence-corrected chi connectivity index (χ2v) is 3.33. The summed E-state index contributed by atoms with van der Waals surface area (Å²) in [6, 6.07) is -0.523. The summed E-state index contributed by atoms with van der Waals surface area (Å²) in [6.45, 7) is 1.64. The van der Waals surface area contributed by atoms with E-state index in [-0.39, 0.29) is 6.54 Å². The summed E-state index contributed by atoms with van der Waals surface area (Å²) in [5.41, 5.74) is 3.26. The van der Waals surface area contributed by atoms with E-state index < -0.39 is 17.6 Å². The number of aliphatic carboxylic acids is 1. The molecule has 0 aromatic heterocycles. The highest BCUT2D eigenvalue weighted by Gasteiger charge is 2.30. The third kappa shape index (κ3) is 5.87. The summed E-state index contributed by atoms with van der Waals surface area (Å²) < 4.78 is 0. The van der Waals surface area contributed by atoms with Crippen LogP contribution in [0.1, 0.15) is 13.3 Å². The molecule has 88 valence electrons. The van der Waals surface area contributed by atoms with E-state index >= 15 is 0 Å². The molecule has 7 nitrogen and oxygen atoms in total. The highest BCUT2D eigenvalue weighted by atomic mass is 16.4. The van der Waals surface area contributed by atoms with E-state index in [4.69, 9.17) is 10.8 Å². The van der Waals surface area contributed by atoms with Crippen LogP contribution in [0.2, 0.25) is 0 Å². The van der Waals surface area contributed by atoms with Crippen LogP contribution in [-0.2, 0) is 4.79 Å². The molecule has 0 radical (unpaired) electrons. The van der Waals surface area contributed by atoms with Crippen LogP contribution in [0.4, 0.5) is 4.79 Å². The lowest BCUT2D eigenvalue weighted by atomic mass is 10.1. The van der Waals surface area contributed by atoms with E-state index in [1.54, 1.807) is 0 Å². The Balaban J connectivity index is 3.75. The summed E-state index contributed by atoms with van der Waals surface area (Å²) in [4.78, 5) is 21.5. The van der Waals surface area contributed by atoms with Crippen molar-refractivity contribution < 1.29 is 19.8 Å². The number of carbonyl (C=O) groups excluding carboxylic acids is 1. The van der Waals surface area contributed by atoms with Gasteiger partial charge in [0.25, 0.3) is 0 Å². The lowest BCUT2D eigenvalue weighted by Crippen LogP contribution is -2.49. The van der Waals surface area contributed by atoms with E-state index in [9.17, 15) is 14.7 Å². The van der Waals surface area contributed by atoms with Gasteiger partial charge in [-0.1, -0.05) is 0 Å². The summed E-state index contributed by atoms with van der Waals surface area (Å²) in [7, 11) is 0. The van der Waals surface area contributed by atoms with E-state index in [1.165, 1.54) is 0 Å². The largest absolute Gasteiger partial charge is 0.479 e. The first-order chi connectivity index (χ1) is 6.90. The Hall–Kier alpha value is -1.34. The first kappa shape index (κ1) is 13.7. The molecule has 0 aliphatic rings. The lowest BCUT2D eigenvalue weighted by Gasteiger charge is -2.18. The molecule has 0 bridgehead atoms. The second-order valence-electron chi connectivity index (χ2n) is 3.33. The van der Waals surface area contributed by atoms with E-state index in [0.717, 1.165) is 6.92 Å². The average Bonchev–Trinajstić information content (AvgIpc) is 2.15. The van der Waals surface area contributed by atoms with Gasteiger partial charge in [-0.25, -0.2) is 9.59 Å². The fourth-order valence-electron chi connectivity index (χ4n) is 0.694. The van der Waals surface area contributed by atoms with Crippen molar-refractivity contribution in [2.45, 2.75) is 18.9 Å². The number of aliphatic hydroxyl groups is 1. The van der Waals surface area contributed by atoms with Gasteiger partial charge in [-0.15, -0.1) is 0 Å². The van der Waals surface area contributed by atoms with Crippen LogP contribution in [0.25, 0.3) is 0 Å². The maximum Gasteiger partial charge on any atom is 0.337 e. The Labute approximate surface area is 87.6 Å². The van der Waals surface area contributed by atoms with Gasteiger partial charge in [-0.05, 0) is 19.9 Å². The van der Waals surface area contributed by atoms with Gasteiger partial charge in [-0.3, -0.25) is 0 Å². The third-order valence-corrected chi connectivity index (χ3v) is 1.72. The molecule has 0 aliphatic carbocycles. The lowest BCUT2D eigenvalue weighted by molar-refractivity contribution is -0.155. The number of nitrogens with one attached hydrogen (secondary N) is 2. The minimum absolute atomic E-state index is 0.350. The minimum atomic E-state index is -1.95. The van der Waals surface area contributed by atoms with Gasteiger partial charge in [-0.2, -0.15) is 0 Å². The molecule has 6 N–H and O–H groups in total. The molecule has 1 atom stereocenters. The predicted octanol–water partition coefficient (Wildman–Crippen LogP) is -1.53. The molecule has 0 heterocycles. The summed E-state index contributed by atoms with van der Waals surface area (Å²) in [6.07, 6.45) is 0.642. The number of rotatable bonds is 6. The molecule has 0 aliphatic heterocycles. The van der Waals surface area contributed by atoms with E-state index in [2.05, 4.69) is 10.6 Å². The predicted molar refractivity (Wildman–Crippen MR) is 53.3 cm³/mol. The molecular formula is C8H17N3O4. The quantitative estimate of drug-likeness (QED) is 0.347. The first-order valence-electron chi connectivity index (χ1n) is 4.57. The molecule has 0 saturated carbocycles. The Kier molecular flexibility index (Phi) is 5.65. The molecule has 7 heteroatoms. The third-order valence-electron chi connectivity index (χ3n) is 1.72. The van der Waals surface area contributed by atoms with Crippen LogP contribution >= 0.6 is 0 Å². The van der Waals surface area contributed by atoms with Gasteiger partial charge in [0.2, 0.25) is 0 Å². The number of hydrogen-bond donors (Lipinski definition) is 5. The van der Waals surface area contributed by atoms with Crippen molar-refractivity contribution in [3.8, 4) is 0 Å². The van der Waals surface area contributed by atoms with Crippen molar-refractivity contribution in [2.75, 3.05) is 19.6 Å². The van der Waals surface area contributed by atoms with Crippen LogP contribution in [0.3, 0.4) is 0 Å². The van der Waals surface area contributed by atoms with Gasteiger partial charge in [0.05, 0.1) is 6.54 Å². The number of hydrogen-bond acceptors (Lipinski definition) is 4. The molecule has 0 rings (SSSR count). The van der Waals surface area contributed by atoms with Crippen molar-refractivity contribution in [2.24, 2.45) is 5.73 Å². The van der Waals surface area contributed by atoms with Crippen molar-refractivity contribution >= 4 is 12.0 Å². The number of amides is 2. The number of urea groups is 1. The zero-order valence-corrected chi connectivity index (χ0v) is 8.62. The maximum atomic E-state index is 11.0. The van der Waals surface area contributed by atoms with Crippen molar-refractivity contribution in [1.29, 1.82) is 0 Å². The number of carboxylic acids is 1. The number of nitrogens with two attached hydrogens (primary N) is 1. The molecule has 15 heavy (non-hydrogen) atoms. The monoisotopic (exact) mass is 219 g/mol. The van der Waals surface area contributed by atoms with Crippen LogP contribution < -0.4 is 16.4 Å². The molecule has 2 amide bonds. The smallest absolute Gasteiger partial charge is 0.337 e. The molecule has 1 unspecified atom stereocenters. The molecule has 0 aromatic carbocycles. The molecular weight excluding hydrogens is 202 g/mol. The van der Waals surface area contributed by atoms with Crippen LogP contribution in [0.5, 0.6) is 0 Å². The van der Waals surface area contributed by atoms with Gasteiger partial charge in [0, 0.05) is 6.54 Å². The molecule has 0 fully saturated rings. The van der Waals surface area contributed by atoms with Crippen molar-refractivity contribution in [1.82, 2.24) is 10.6 Å². The highest BCUT2D eigenvalue weighted by Crippen LogP contribution is 2.00. The highest BCUT2D eigenvalue weighted by molar-refractivity contribution is 5.79. The fourth-order valence-corrected chi connectivity index (χ4v) is 0.694. The zero-order chi connectivity index (χ0) is 11.9. The maximum absolute atomic E-state index is 11.0.